The second kappa shape index (κ2) is 7.31. The topological polar surface area (TPSA) is 101 Å². The van der Waals surface area contributed by atoms with Crippen LogP contribution in [-0.4, -0.2) is 32.7 Å². The number of aromatic nitrogens is 4. The predicted octanol–water partition coefficient (Wildman–Crippen LogP) is 3.21. The van der Waals surface area contributed by atoms with Crippen LogP contribution in [0.3, 0.4) is 0 Å². The van der Waals surface area contributed by atoms with Crippen LogP contribution in [0.5, 0.6) is 5.88 Å². The highest BCUT2D eigenvalue weighted by molar-refractivity contribution is 9.10. The molecular formula is C17H13BrF2N6O. The number of nitrogens with zero attached hydrogens (tertiary/aromatic N) is 4. The molecule has 0 bridgehead atoms. The van der Waals surface area contributed by atoms with Crippen LogP contribution in [0.4, 0.5) is 8.78 Å². The van der Waals surface area contributed by atoms with Gasteiger partial charge in [-0.1, -0.05) is 18.2 Å². The zero-order valence-corrected chi connectivity index (χ0v) is 15.5. The van der Waals surface area contributed by atoms with E-state index in [9.17, 15) is 8.78 Å². The van der Waals surface area contributed by atoms with Crippen LogP contribution in [0.25, 0.3) is 11.4 Å². The van der Waals surface area contributed by atoms with Crippen molar-refractivity contribution in [1.29, 1.82) is 10.8 Å². The highest BCUT2D eigenvalue weighted by Crippen LogP contribution is 2.31. The summed E-state index contributed by atoms with van der Waals surface area (Å²) in [6, 6.07) is 8.02. The molecule has 0 aliphatic rings. The van der Waals surface area contributed by atoms with Gasteiger partial charge in [0.1, 0.15) is 5.49 Å². The number of ether oxygens (including phenoxy) is 1. The highest BCUT2D eigenvalue weighted by atomic mass is 79.9. The zero-order valence-electron chi connectivity index (χ0n) is 13.9. The van der Waals surface area contributed by atoms with Crippen molar-refractivity contribution >= 4 is 21.8 Å². The average Bonchev–Trinajstić information content (AvgIpc) is 2.68. The summed E-state index contributed by atoms with van der Waals surface area (Å²) < 4.78 is 36.0. The Morgan fingerprint density at radius 2 is 1.89 bits per heavy atom. The Balaban J connectivity index is 2.02. The minimum Gasteiger partial charge on any atom is -0.480 e. The first-order valence-electron chi connectivity index (χ1n) is 7.57. The molecule has 10 heteroatoms. The third-order valence-electron chi connectivity index (χ3n) is 3.63. The molecule has 7 nitrogen and oxygen atoms in total. The van der Waals surface area contributed by atoms with Gasteiger partial charge in [-0.05, 0) is 28.1 Å². The van der Waals surface area contributed by atoms with Gasteiger partial charge in [-0.25, -0.2) is 9.97 Å². The van der Waals surface area contributed by atoms with Crippen molar-refractivity contribution in [2.75, 3.05) is 7.11 Å². The number of methoxy groups -OCH3 is 1. The summed E-state index contributed by atoms with van der Waals surface area (Å²) in [6.07, 6.45) is 3.02. The summed E-state index contributed by atoms with van der Waals surface area (Å²) in [5.41, 5.74) is -0.428. The third-order valence-corrected chi connectivity index (χ3v) is 4.04. The largest absolute Gasteiger partial charge is 0.480 e. The van der Waals surface area contributed by atoms with E-state index < -0.39 is 17.3 Å². The molecule has 2 N–H and O–H groups in total. The lowest BCUT2D eigenvalue weighted by Gasteiger charge is -2.19. The second-order valence-corrected chi connectivity index (χ2v) is 6.32. The normalized spacial score (nSPS) is 11.3. The summed E-state index contributed by atoms with van der Waals surface area (Å²) in [5.74, 6) is -4.58. The van der Waals surface area contributed by atoms with E-state index in [-0.39, 0.29) is 17.2 Å². The molecule has 0 fully saturated rings. The molecule has 0 spiro atoms. The molecule has 0 saturated carbocycles. The Kier molecular flexibility index (Phi) is 5.08. The van der Waals surface area contributed by atoms with E-state index in [1.807, 2.05) is 0 Å². The van der Waals surface area contributed by atoms with E-state index in [1.165, 1.54) is 49.8 Å². The maximum atomic E-state index is 15.0. The number of benzene rings is 1. The van der Waals surface area contributed by atoms with Gasteiger partial charge < -0.3 is 4.74 Å². The molecule has 3 aromatic rings. The molecule has 0 atom stereocenters. The summed E-state index contributed by atoms with van der Waals surface area (Å²) in [7, 11) is 1.32. The fourth-order valence-electron chi connectivity index (χ4n) is 2.27. The SMILES string of the molecule is COc1ccc(=N)n(C(=N)C(F)(F)c2cccc(-c3ncc(Br)cn3)c2)n1. The Bertz CT molecular complexity index is 1050. The number of nitrogens with one attached hydrogen (secondary N) is 2. The molecule has 0 saturated heterocycles. The van der Waals surface area contributed by atoms with Crippen LogP contribution < -0.4 is 10.2 Å². The third kappa shape index (κ3) is 3.75. The van der Waals surface area contributed by atoms with Gasteiger partial charge in [0.25, 0.3) is 0 Å². The number of rotatable bonds is 4. The second-order valence-electron chi connectivity index (χ2n) is 5.40. The summed E-state index contributed by atoms with van der Waals surface area (Å²) in [6.45, 7) is 0. The molecule has 0 aliphatic heterocycles. The quantitative estimate of drug-likeness (QED) is 0.486. The standard InChI is InChI=1S/C17H13BrF2N6O/c1-27-14-6-5-13(21)26(25-14)16(22)17(19,20)11-4-2-3-10(7-11)15-23-8-12(18)9-24-15/h2-9,21-22H,1H3. The van der Waals surface area contributed by atoms with E-state index >= 15 is 0 Å². The number of alkyl halides is 2. The molecule has 1 aromatic carbocycles. The van der Waals surface area contributed by atoms with Gasteiger partial charge in [0, 0.05) is 29.6 Å². The van der Waals surface area contributed by atoms with E-state index in [4.69, 9.17) is 15.6 Å². The fourth-order valence-corrected chi connectivity index (χ4v) is 2.48. The predicted molar refractivity (Wildman–Crippen MR) is 96.8 cm³/mol. The number of halogens is 3. The van der Waals surface area contributed by atoms with Crippen LogP contribution in [-0.2, 0) is 5.92 Å². The molecule has 0 amide bonds. The van der Waals surface area contributed by atoms with E-state index in [1.54, 1.807) is 6.07 Å². The molecule has 138 valence electrons. The summed E-state index contributed by atoms with van der Waals surface area (Å²) in [5, 5.41) is 19.4. The zero-order chi connectivity index (χ0) is 19.6. The Morgan fingerprint density at radius 1 is 1.19 bits per heavy atom. The van der Waals surface area contributed by atoms with Gasteiger partial charge in [0.05, 0.1) is 11.6 Å². The van der Waals surface area contributed by atoms with Crippen molar-refractivity contribution in [2.45, 2.75) is 5.92 Å². The van der Waals surface area contributed by atoms with Crippen molar-refractivity contribution in [2.24, 2.45) is 0 Å². The van der Waals surface area contributed by atoms with Crippen LogP contribution in [0.15, 0.2) is 53.3 Å². The Hall–Kier alpha value is -3.01. The van der Waals surface area contributed by atoms with Crippen LogP contribution in [0, 0.1) is 10.8 Å². The lowest BCUT2D eigenvalue weighted by atomic mass is 10.0. The molecule has 3 rings (SSSR count). The van der Waals surface area contributed by atoms with Gasteiger partial charge >= 0.3 is 5.92 Å². The van der Waals surface area contributed by atoms with E-state index in [0.717, 1.165) is 0 Å². The minimum atomic E-state index is -3.70. The van der Waals surface area contributed by atoms with E-state index in [2.05, 4.69) is 31.0 Å². The smallest absolute Gasteiger partial charge is 0.331 e. The first kappa shape index (κ1) is 18.8. The average molecular weight is 435 g/mol. The molecule has 2 heterocycles. The number of hydrogen-bond donors (Lipinski definition) is 2. The van der Waals surface area contributed by atoms with Crippen molar-refractivity contribution in [3.8, 4) is 17.3 Å². The van der Waals surface area contributed by atoms with Crippen LogP contribution in [0.2, 0.25) is 0 Å². The minimum absolute atomic E-state index is 0.0172. The molecular weight excluding hydrogens is 422 g/mol. The van der Waals surface area contributed by atoms with Gasteiger partial charge in [0.2, 0.25) is 5.88 Å². The molecule has 0 unspecified atom stereocenters. The van der Waals surface area contributed by atoms with Crippen molar-refractivity contribution in [3.05, 3.63) is 64.3 Å². The lowest BCUT2D eigenvalue weighted by molar-refractivity contribution is 0.0694. The van der Waals surface area contributed by atoms with Gasteiger partial charge in [-0.2, -0.15) is 13.5 Å². The Labute approximate surface area is 160 Å². The Morgan fingerprint density at radius 3 is 2.56 bits per heavy atom. The van der Waals surface area contributed by atoms with Crippen molar-refractivity contribution in [3.63, 3.8) is 0 Å². The first-order chi connectivity index (χ1) is 12.8. The van der Waals surface area contributed by atoms with E-state index in [0.29, 0.717) is 14.7 Å². The van der Waals surface area contributed by atoms with Gasteiger partial charge in [-0.15, -0.1) is 5.10 Å². The molecule has 0 radical (unpaired) electrons. The molecule has 2 aromatic heterocycles. The number of hydrogen-bond acceptors (Lipinski definition) is 6. The van der Waals surface area contributed by atoms with Crippen LogP contribution in [0.1, 0.15) is 5.56 Å². The maximum Gasteiger partial charge on any atom is 0.331 e. The van der Waals surface area contributed by atoms with Crippen molar-refractivity contribution in [1.82, 2.24) is 19.7 Å². The molecule has 0 aliphatic carbocycles. The highest BCUT2D eigenvalue weighted by Gasteiger charge is 2.39. The maximum absolute atomic E-state index is 15.0. The summed E-state index contributed by atoms with van der Waals surface area (Å²) >= 11 is 3.22. The first-order valence-corrected chi connectivity index (χ1v) is 8.37. The van der Waals surface area contributed by atoms with Crippen molar-refractivity contribution < 1.29 is 13.5 Å². The summed E-state index contributed by atoms with van der Waals surface area (Å²) in [4.78, 5) is 8.18. The lowest BCUT2D eigenvalue weighted by Crippen LogP contribution is -2.39. The monoisotopic (exact) mass is 434 g/mol. The molecule has 27 heavy (non-hydrogen) atoms. The van der Waals surface area contributed by atoms with Gasteiger partial charge in [0.15, 0.2) is 11.7 Å². The van der Waals surface area contributed by atoms with Crippen LogP contribution >= 0.6 is 15.9 Å². The van der Waals surface area contributed by atoms with Gasteiger partial charge in [-0.3, -0.25) is 10.8 Å². The fraction of sp³-hybridized carbons (Fsp3) is 0.118.